The molecular weight excluding hydrogens is 584 g/mol. The molecule has 41 heavy (non-hydrogen) atoms. The fourth-order valence-corrected chi connectivity index (χ4v) is 5.48. The van der Waals surface area contributed by atoms with E-state index in [2.05, 4.69) is 55.8 Å². The minimum absolute atomic E-state index is 0.181. The van der Waals surface area contributed by atoms with Crippen molar-refractivity contribution in [2.75, 3.05) is 22.9 Å². The molecule has 0 saturated carbocycles. The first-order valence-corrected chi connectivity index (χ1v) is 14.3. The summed E-state index contributed by atoms with van der Waals surface area (Å²) in [4.78, 5) is 28.0. The molecule has 0 spiro atoms. The van der Waals surface area contributed by atoms with Gasteiger partial charge in [-0.3, -0.25) is 9.80 Å². The average Bonchev–Trinajstić information content (AvgIpc) is 3.27. The number of amides is 2. The summed E-state index contributed by atoms with van der Waals surface area (Å²) in [5.74, 6) is 0. The summed E-state index contributed by atoms with van der Waals surface area (Å²) in [6.07, 6.45) is -0.805. The van der Waals surface area contributed by atoms with Gasteiger partial charge in [0.05, 0.1) is 22.5 Å². The van der Waals surface area contributed by atoms with E-state index in [1.807, 2.05) is 59.7 Å². The molecule has 0 saturated heterocycles. The third kappa shape index (κ3) is 7.02. The van der Waals surface area contributed by atoms with E-state index >= 15 is 0 Å². The van der Waals surface area contributed by atoms with Crippen LogP contribution in [0.2, 0.25) is 0 Å². The first-order chi connectivity index (χ1) is 18.7. The monoisotopic (exact) mass is 622 g/mol. The van der Waals surface area contributed by atoms with E-state index < -0.39 is 23.4 Å². The molecule has 2 aromatic rings. The number of nitrogens with zero attached hydrogens (tertiary/aromatic N) is 4. The van der Waals surface area contributed by atoms with Crippen LogP contribution in [0, 0.1) is 22.7 Å². The van der Waals surface area contributed by atoms with Crippen molar-refractivity contribution in [3.05, 3.63) is 57.1 Å². The van der Waals surface area contributed by atoms with Crippen molar-refractivity contribution in [1.29, 1.82) is 10.5 Å². The summed E-state index contributed by atoms with van der Waals surface area (Å²) >= 11 is 3.43. The van der Waals surface area contributed by atoms with Crippen LogP contribution < -0.4 is 9.80 Å². The second kappa shape index (κ2) is 11.0. The van der Waals surface area contributed by atoms with Gasteiger partial charge in [0.15, 0.2) is 0 Å². The van der Waals surface area contributed by atoms with Crippen LogP contribution in [0.4, 0.5) is 21.0 Å². The Labute approximate surface area is 252 Å². The molecule has 8 nitrogen and oxygen atoms in total. The molecule has 4 rings (SSSR count). The molecular formula is C32H39BrN4O4. The molecule has 0 atom stereocenters. The smallest absolute Gasteiger partial charge is 0.414 e. The molecule has 0 unspecified atom stereocenters. The number of hydrogen-bond acceptors (Lipinski definition) is 6. The Morgan fingerprint density at radius 1 is 0.780 bits per heavy atom. The predicted molar refractivity (Wildman–Crippen MR) is 163 cm³/mol. The molecule has 0 aromatic heterocycles. The van der Waals surface area contributed by atoms with Crippen molar-refractivity contribution in [1.82, 2.24) is 0 Å². The number of benzene rings is 2. The predicted octanol–water partition coefficient (Wildman–Crippen LogP) is 7.94. The zero-order valence-electron chi connectivity index (χ0n) is 25.6. The van der Waals surface area contributed by atoms with Crippen molar-refractivity contribution in [2.45, 2.75) is 91.3 Å². The fraction of sp³-hybridized carbons (Fsp3) is 0.500. The number of halogens is 1. The fourth-order valence-electron chi connectivity index (χ4n) is 5.03. The van der Waals surface area contributed by atoms with Crippen LogP contribution in [0.3, 0.4) is 0 Å². The number of para-hydroxylation sites is 1. The summed E-state index contributed by atoms with van der Waals surface area (Å²) < 4.78 is 11.8. The van der Waals surface area contributed by atoms with E-state index in [1.165, 1.54) is 0 Å². The van der Waals surface area contributed by atoms with E-state index in [4.69, 9.17) is 9.47 Å². The number of fused-ring (bicyclic) bond motifs is 2. The number of hydrogen-bond donors (Lipinski definition) is 0. The molecule has 0 radical (unpaired) electrons. The second-order valence-electron chi connectivity index (χ2n) is 13.7. The summed E-state index contributed by atoms with van der Waals surface area (Å²) in [6, 6.07) is 13.6. The minimum atomic E-state index is -0.563. The molecule has 0 fully saturated rings. The Bertz CT molecular complexity index is 1450. The van der Waals surface area contributed by atoms with Gasteiger partial charge in [-0.05, 0) is 70.9 Å². The standard InChI is InChI=1S/C16H19BrN2O2.C16H20N2O2/c1-15(2,3)21-14(20)19-9-16(4,5)12-7-11(17)6-10(8-18)13(12)19;1-15(2,3)20-14(19)18-10-16(4,5)12-8-6-7-11(9-17)13(12)18/h6-7H,9H2,1-5H3;6-8H,10H2,1-5H3. The van der Waals surface area contributed by atoms with Gasteiger partial charge in [-0.1, -0.05) is 55.8 Å². The molecule has 0 aliphatic carbocycles. The van der Waals surface area contributed by atoms with E-state index in [1.54, 1.807) is 21.9 Å². The van der Waals surface area contributed by atoms with Gasteiger partial charge in [-0.25, -0.2) is 9.59 Å². The van der Waals surface area contributed by atoms with Crippen molar-refractivity contribution < 1.29 is 19.1 Å². The number of ether oxygens (including phenoxy) is 2. The van der Waals surface area contributed by atoms with Crippen molar-refractivity contribution >= 4 is 39.5 Å². The Balaban J connectivity index is 0.000000226. The number of carbonyl (C=O) groups is 2. The lowest BCUT2D eigenvalue weighted by atomic mass is 9.86. The van der Waals surface area contributed by atoms with E-state index in [-0.39, 0.29) is 10.8 Å². The zero-order valence-corrected chi connectivity index (χ0v) is 27.2. The summed E-state index contributed by atoms with van der Waals surface area (Å²) in [7, 11) is 0. The summed E-state index contributed by atoms with van der Waals surface area (Å²) in [5, 5.41) is 18.7. The summed E-state index contributed by atoms with van der Waals surface area (Å²) in [5.41, 5.74) is 2.84. The average molecular weight is 624 g/mol. The molecule has 2 aliphatic heterocycles. The SMILES string of the molecule is CC(C)(C)OC(=O)N1CC(C)(C)c2cc(Br)cc(C#N)c21.CC(C)(C)OC(=O)N1CC(C)(C)c2cccc(C#N)c21. The Morgan fingerprint density at radius 2 is 1.22 bits per heavy atom. The number of carbonyl (C=O) groups excluding carboxylic acids is 2. The number of anilines is 2. The van der Waals surface area contributed by atoms with Crippen LogP contribution >= 0.6 is 15.9 Å². The molecule has 9 heteroatoms. The third-order valence-corrected chi connectivity index (χ3v) is 7.14. The van der Waals surface area contributed by atoms with Crippen LogP contribution in [0.5, 0.6) is 0 Å². The Hall–Kier alpha value is -3.56. The first kappa shape index (κ1) is 32.0. The quantitative estimate of drug-likeness (QED) is 0.295. The maximum Gasteiger partial charge on any atom is 0.414 e. The van der Waals surface area contributed by atoms with Gasteiger partial charge in [0, 0.05) is 28.4 Å². The molecule has 2 amide bonds. The van der Waals surface area contributed by atoms with Crippen molar-refractivity contribution in [3.8, 4) is 12.1 Å². The van der Waals surface area contributed by atoms with Crippen LogP contribution in [-0.2, 0) is 20.3 Å². The molecule has 0 N–H and O–H groups in total. The number of rotatable bonds is 0. The Kier molecular flexibility index (Phi) is 8.59. The lowest BCUT2D eigenvalue weighted by Crippen LogP contribution is -2.38. The highest BCUT2D eigenvalue weighted by Gasteiger charge is 2.42. The van der Waals surface area contributed by atoms with Gasteiger partial charge in [-0.15, -0.1) is 0 Å². The van der Waals surface area contributed by atoms with Gasteiger partial charge in [0.25, 0.3) is 0 Å². The van der Waals surface area contributed by atoms with Gasteiger partial charge in [-0.2, -0.15) is 10.5 Å². The van der Waals surface area contributed by atoms with Gasteiger partial charge in [0.2, 0.25) is 0 Å². The number of nitriles is 2. The molecule has 2 heterocycles. The highest BCUT2D eigenvalue weighted by atomic mass is 79.9. The first-order valence-electron chi connectivity index (χ1n) is 13.5. The third-order valence-electron chi connectivity index (χ3n) is 6.68. The van der Waals surface area contributed by atoms with Gasteiger partial charge < -0.3 is 9.47 Å². The minimum Gasteiger partial charge on any atom is -0.443 e. The van der Waals surface area contributed by atoms with Crippen LogP contribution in [-0.4, -0.2) is 36.5 Å². The van der Waals surface area contributed by atoms with Crippen molar-refractivity contribution in [3.63, 3.8) is 0 Å². The summed E-state index contributed by atoms with van der Waals surface area (Å²) in [6.45, 7) is 20.3. The second-order valence-corrected chi connectivity index (χ2v) is 14.6. The maximum atomic E-state index is 12.4. The highest BCUT2D eigenvalue weighted by Crippen LogP contribution is 2.45. The largest absolute Gasteiger partial charge is 0.443 e. The molecule has 2 aromatic carbocycles. The molecule has 218 valence electrons. The van der Waals surface area contributed by atoms with Crippen molar-refractivity contribution in [2.24, 2.45) is 0 Å². The maximum absolute atomic E-state index is 12.4. The topological polar surface area (TPSA) is 107 Å². The lowest BCUT2D eigenvalue weighted by Gasteiger charge is -2.26. The van der Waals surface area contributed by atoms with Crippen LogP contribution in [0.25, 0.3) is 0 Å². The van der Waals surface area contributed by atoms with Crippen LogP contribution in [0.15, 0.2) is 34.8 Å². The lowest BCUT2D eigenvalue weighted by molar-refractivity contribution is 0.0568. The van der Waals surface area contributed by atoms with E-state index in [0.717, 1.165) is 15.6 Å². The highest BCUT2D eigenvalue weighted by molar-refractivity contribution is 9.10. The zero-order chi connectivity index (χ0) is 31.1. The van der Waals surface area contributed by atoms with E-state index in [9.17, 15) is 20.1 Å². The molecule has 0 bridgehead atoms. The Morgan fingerprint density at radius 3 is 1.66 bits per heavy atom. The van der Waals surface area contributed by atoms with E-state index in [0.29, 0.717) is 35.6 Å². The van der Waals surface area contributed by atoms with Gasteiger partial charge in [0.1, 0.15) is 23.3 Å². The molecule has 2 aliphatic rings. The van der Waals surface area contributed by atoms with Gasteiger partial charge >= 0.3 is 12.2 Å². The normalized spacial score (nSPS) is 16.4. The van der Waals surface area contributed by atoms with Crippen LogP contribution in [0.1, 0.15) is 91.5 Å².